The van der Waals surface area contributed by atoms with E-state index >= 15 is 0 Å². The zero-order valence-corrected chi connectivity index (χ0v) is 11.2. The third kappa shape index (κ3) is 2.68. The lowest BCUT2D eigenvalue weighted by molar-refractivity contribution is 0.608. The first-order valence-electron chi connectivity index (χ1n) is 6.32. The van der Waals surface area contributed by atoms with E-state index < -0.39 is 0 Å². The number of nitrogens with zero attached hydrogens (tertiary/aromatic N) is 2. The number of anilines is 2. The van der Waals surface area contributed by atoms with Crippen molar-refractivity contribution in [3.8, 4) is 0 Å². The van der Waals surface area contributed by atoms with Gasteiger partial charge in [0.2, 0.25) is 0 Å². The van der Waals surface area contributed by atoms with Gasteiger partial charge in [-0.25, -0.2) is 9.97 Å². The summed E-state index contributed by atoms with van der Waals surface area (Å²) in [5.41, 5.74) is 1.66. The van der Waals surface area contributed by atoms with Crippen LogP contribution in [-0.4, -0.2) is 23.6 Å². The average Bonchev–Trinajstić information content (AvgIpc) is 3.04. The second-order valence-electron chi connectivity index (χ2n) is 5.55. The molecular formula is C13H22N4. The highest BCUT2D eigenvalue weighted by atomic mass is 15.1. The predicted molar refractivity (Wildman–Crippen MR) is 71.5 cm³/mol. The molecule has 0 unspecified atom stereocenters. The van der Waals surface area contributed by atoms with Gasteiger partial charge in [0.25, 0.3) is 0 Å². The van der Waals surface area contributed by atoms with Crippen LogP contribution in [0.5, 0.6) is 0 Å². The van der Waals surface area contributed by atoms with E-state index in [4.69, 9.17) is 0 Å². The Morgan fingerprint density at radius 2 is 1.94 bits per heavy atom. The molecule has 4 nitrogen and oxygen atoms in total. The van der Waals surface area contributed by atoms with Gasteiger partial charge in [-0.15, -0.1) is 0 Å². The van der Waals surface area contributed by atoms with Gasteiger partial charge in [0, 0.05) is 19.2 Å². The largest absolute Gasteiger partial charge is 0.373 e. The van der Waals surface area contributed by atoms with E-state index in [1.165, 1.54) is 18.4 Å². The maximum absolute atomic E-state index is 4.38. The Kier molecular flexibility index (Phi) is 3.22. The van der Waals surface area contributed by atoms with E-state index in [0.29, 0.717) is 11.3 Å². The molecule has 2 N–H and O–H groups in total. The molecule has 0 amide bonds. The molecule has 1 saturated carbocycles. The molecule has 0 aromatic carbocycles. The number of hydrogen-bond acceptors (Lipinski definition) is 4. The van der Waals surface area contributed by atoms with Crippen LogP contribution in [0, 0.1) is 5.41 Å². The van der Waals surface area contributed by atoms with Gasteiger partial charge >= 0.3 is 0 Å². The summed E-state index contributed by atoms with van der Waals surface area (Å²) in [5, 5.41) is 6.62. The molecule has 1 heterocycles. The van der Waals surface area contributed by atoms with Crippen molar-refractivity contribution in [2.75, 3.05) is 24.2 Å². The minimum atomic E-state index is 0.410. The third-order valence-corrected chi connectivity index (χ3v) is 3.48. The summed E-state index contributed by atoms with van der Waals surface area (Å²) in [5.74, 6) is 2.32. The second kappa shape index (κ2) is 4.51. The standard InChI is InChI=1S/C13H22N4/c1-9(2)10-11(14-4)16-8-17-12(10)15-7-13(3)5-6-13/h8-9H,5-7H2,1-4H3,(H2,14,15,16,17). The summed E-state index contributed by atoms with van der Waals surface area (Å²) in [4.78, 5) is 8.65. The molecular weight excluding hydrogens is 212 g/mol. The second-order valence-corrected chi connectivity index (χ2v) is 5.55. The summed E-state index contributed by atoms with van der Waals surface area (Å²) in [7, 11) is 1.90. The molecule has 94 valence electrons. The van der Waals surface area contributed by atoms with Gasteiger partial charge in [0.05, 0.1) is 0 Å². The van der Waals surface area contributed by atoms with Gasteiger partial charge in [-0.05, 0) is 24.2 Å². The van der Waals surface area contributed by atoms with Crippen molar-refractivity contribution in [1.82, 2.24) is 9.97 Å². The van der Waals surface area contributed by atoms with Crippen LogP contribution in [0.3, 0.4) is 0 Å². The van der Waals surface area contributed by atoms with E-state index in [1.54, 1.807) is 6.33 Å². The third-order valence-electron chi connectivity index (χ3n) is 3.48. The first kappa shape index (κ1) is 12.1. The lowest BCUT2D eigenvalue weighted by atomic mass is 10.0. The summed E-state index contributed by atoms with van der Waals surface area (Å²) < 4.78 is 0. The monoisotopic (exact) mass is 234 g/mol. The lowest BCUT2D eigenvalue weighted by Crippen LogP contribution is -2.15. The van der Waals surface area contributed by atoms with Crippen LogP contribution in [-0.2, 0) is 0 Å². The summed E-state index contributed by atoms with van der Waals surface area (Å²) in [6.07, 6.45) is 4.26. The molecule has 0 bridgehead atoms. The minimum absolute atomic E-state index is 0.410. The first-order valence-corrected chi connectivity index (χ1v) is 6.32. The molecule has 2 rings (SSSR count). The summed E-state index contributed by atoms with van der Waals surface area (Å²) in [6.45, 7) is 7.66. The Morgan fingerprint density at radius 3 is 2.47 bits per heavy atom. The molecule has 4 heteroatoms. The van der Waals surface area contributed by atoms with E-state index in [-0.39, 0.29) is 0 Å². The zero-order valence-electron chi connectivity index (χ0n) is 11.2. The van der Waals surface area contributed by atoms with Crippen molar-refractivity contribution in [2.24, 2.45) is 5.41 Å². The van der Waals surface area contributed by atoms with E-state index in [2.05, 4.69) is 41.4 Å². The predicted octanol–water partition coefficient (Wildman–Crippen LogP) is 2.85. The Morgan fingerprint density at radius 1 is 1.29 bits per heavy atom. The fraction of sp³-hybridized carbons (Fsp3) is 0.692. The highest BCUT2D eigenvalue weighted by molar-refractivity contribution is 5.58. The van der Waals surface area contributed by atoms with Crippen LogP contribution in [0.2, 0.25) is 0 Å². The first-order chi connectivity index (χ1) is 8.06. The van der Waals surface area contributed by atoms with E-state index in [9.17, 15) is 0 Å². The van der Waals surface area contributed by atoms with Crippen molar-refractivity contribution in [2.45, 2.75) is 39.5 Å². The van der Waals surface area contributed by atoms with Crippen LogP contribution in [0.1, 0.15) is 45.1 Å². The Labute approximate surface area is 103 Å². The molecule has 0 spiro atoms. The fourth-order valence-electron chi connectivity index (χ4n) is 1.97. The topological polar surface area (TPSA) is 49.8 Å². The van der Waals surface area contributed by atoms with Crippen LogP contribution >= 0.6 is 0 Å². The highest BCUT2D eigenvalue weighted by Crippen LogP contribution is 2.45. The van der Waals surface area contributed by atoms with Crippen molar-refractivity contribution >= 4 is 11.6 Å². The molecule has 0 atom stereocenters. The molecule has 1 aromatic rings. The number of rotatable bonds is 5. The summed E-state index contributed by atoms with van der Waals surface area (Å²) >= 11 is 0. The lowest BCUT2D eigenvalue weighted by Gasteiger charge is -2.18. The Balaban J connectivity index is 2.19. The molecule has 1 aliphatic rings. The summed E-state index contributed by atoms with van der Waals surface area (Å²) in [6, 6.07) is 0. The molecule has 17 heavy (non-hydrogen) atoms. The van der Waals surface area contributed by atoms with Crippen molar-refractivity contribution in [1.29, 1.82) is 0 Å². The van der Waals surface area contributed by atoms with Crippen LogP contribution < -0.4 is 10.6 Å². The van der Waals surface area contributed by atoms with Gasteiger partial charge in [0.15, 0.2) is 0 Å². The van der Waals surface area contributed by atoms with Gasteiger partial charge in [-0.1, -0.05) is 20.8 Å². The smallest absolute Gasteiger partial charge is 0.135 e. The molecule has 1 aliphatic carbocycles. The highest BCUT2D eigenvalue weighted by Gasteiger charge is 2.37. The molecule has 1 aromatic heterocycles. The van der Waals surface area contributed by atoms with Crippen LogP contribution in [0.25, 0.3) is 0 Å². The molecule has 1 fully saturated rings. The van der Waals surface area contributed by atoms with Gasteiger partial charge in [0.1, 0.15) is 18.0 Å². The van der Waals surface area contributed by atoms with Gasteiger partial charge < -0.3 is 10.6 Å². The van der Waals surface area contributed by atoms with Crippen molar-refractivity contribution in [3.05, 3.63) is 11.9 Å². The van der Waals surface area contributed by atoms with Crippen LogP contribution in [0.4, 0.5) is 11.6 Å². The quantitative estimate of drug-likeness (QED) is 0.822. The fourth-order valence-corrected chi connectivity index (χ4v) is 1.97. The van der Waals surface area contributed by atoms with Crippen molar-refractivity contribution in [3.63, 3.8) is 0 Å². The SMILES string of the molecule is CNc1ncnc(NCC2(C)CC2)c1C(C)C. The maximum atomic E-state index is 4.38. The number of nitrogens with one attached hydrogen (secondary N) is 2. The molecule has 0 aliphatic heterocycles. The van der Waals surface area contributed by atoms with Crippen LogP contribution in [0.15, 0.2) is 6.33 Å². The van der Waals surface area contributed by atoms with E-state index in [0.717, 1.165) is 18.2 Å². The molecule has 0 radical (unpaired) electrons. The zero-order chi connectivity index (χ0) is 12.5. The van der Waals surface area contributed by atoms with Crippen molar-refractivity contribution < 1.29 is 0 Å². The maximum Gasteiger partial charge on any atom is 0.135 e. The number of aromatic nitrogens is 2. The Bertz CT molecular complexity index is 396. The minimum Gasteiger partial charge on any atom is -0.373 e. The number of hydrogen-bond donors (Lipinski definition) is 2. The van der Waals surface area contributed by atoms with E-state index in [1.807, 2.05) is 7.05 Å². The normalized spacial score (nSPS) is 17.0. The van der Waals surface area contributed by atoms with Gasteiger partial charge in [-0.2, -0.15) is 0 Å². The average molecular weight is 234 g/mol. The molecule has 0 saturated heterocycles. The van der Waals surface area contributed by atoms with Gasteiger partial charge in [-0.3, -0.25) is 0 Å². The Hall–Kier alpha value is -1.32.